The van der Waals surface area contributed by atoms with E-state index < -0.39 is 0 Å². The van der Waals surface area contributed by atoms with E-state index in [9.17, 15) is 4.79 Å². The molecule has 0 N–H and O–H groups in total. The highest BCUT2D eigenvalue weighted by atomic mass is 79.9. The third-order valence-electron chi connectivity index (χ3n) is 1.71. The molecule has 1 aromatic rings. The fourth-order valence-corrected chi connectivity index (χ4v) is 2.60. The van der Waals surface area contributed by atoms with Gasteiger partial charge in [0.15, 0.2) is 0 Å². The SMILES string of the molecule is CCOC(=O)c1cc(Br)c(OC)c(Br)c1. The topological polar surface area (TPSA) is 35.5 Å². The predicted octanol–water partition coefficient (Wildman–Crippen LogP) is 3.40. The third-order valence-corrected chi connectivity index (χ3v) is 2.89. The molecular weight excluding hydrogens is 328 g/mol. The summed E-state index contributed by atoms with van der Waals surface area (Å²) in [5.74, 6) is 0.310. The molecule has 0 atom stereocenters. The van der Waals surface area contributed by atoms with E-state index in [1.165, 1.54) is 0 Å². The van der Waals surface area contributed by atoms with Crippen molar-refractivity contribution in [3.05, 3.63) is 26.6 Å². The van der Waals surface area contributed by atoms with Crippen LogP contribution in [0.4, 0.5) is 0 Å². The first-order chi connectivity index (χ1) is 7.10. The number of halogens is 2. The molecule has 0 saturated carbocycles. The summed E-state index contributed by atoms with van der Waals surface area (Å²) in [4.78, 5) is 11.4. The molecule has 15 heavy (non-hydrogen) atoms. The number of hydrogen-bond acceptors (Lipinski definition) is 3. The molecule has 0 fully saturated rings. The number of carbonyl (C=O) groups is 1. The van der Waals surface area contributed by atoms with Crippen LogP contribution in [0.5, 0.6) is 5.75 Å². The minimum atomic E-state index is -0.346. The Labute approximate surface area is 105 Å². The Morgan fingerprint density at radius 1 is 1.33 bits per heavy atom. The van der Waals surface area contributed by atoms with Crippen molar-refractivity contribution in [3.63, 3.8) is 0 Å². The maximum absolute atomic E-state index is 11.4. The van der Waals surface area contributed by atoms with Gasteiger partial charge in [-0.2, -0.15) is 0 Å². The average molecular weight is 338 g/mol. The molecule has 0 unspecified atom stereocenters. The lowest BCUT2D eigenvalue weighted by molar-refractivity contribution is 0.0526. The van der Waals surface area contributed by atoms with Gasteiger partial charge in [-0.05, 0) is 50.9 Å². The van der Waals surface area contributed by atoms with Gasteiger partial charge in [-0.3, -0.25) is 0 Å². The van der Waals surface area contributed by atoms with E-state index in [1.54, 1.807) is 26.2 Å². The van der Waals surface area contributed by atoms with Crippen LogP contribution in [0, 0.1) is 0 Å². The number of hydrogen-bond donors (Lipinski definition) is 0. The monoisotopic (exact) mass is 336 g/mol. The van der Waals surface area contributed by atoms with Crippen LogP contribution in [0.2, 0.25) is 0 Å². The Balaban J connectivity index is 3.08. The second-order valence-corrected chi connectivity index (χ2v) is 4.40. The van der Waals surface area contributed by atoms with E-state index >= 15 is 0 Å². The molecule has 0 saturated heterocycles. The van der Waals surface area contributed by atoms with E-state index in [1.807, 2.05) is 0 Å². The quantitative estimate of drug-likeness (QED) is 0.793. The van der Waals surface area contributed by atoms with Crippen LogP contribution < -0.4 is 4.74 Å². The van der Waals surface area contributed by atoms with Crippen molar-refractivity contribution in [2.24, 2.45) is 0 Å². The zero-order valence-corrected chi connectivity index (χ0v) is 11.5. The van der Waals surface area contributed by atoms with Crippen molar-refractivity contribution >= 4 is 37.8 Å². The van der Waals surface area contributed by atoms with Crippen molar-refractivity contribution < 1.29 is 14.3 Å². The van der Waals surface area contributed by atoms with Gasteiger partial charge in [0, 0.05) is 0 Å². The summed E-state index contributed by atoms with van der Waals surface area (Å²) >= 11 is 6.63. The van der Waals surface area contributed by atoms with Crippen LogP contribution in [-0.4, -0.2) is 19.7 Å². The van der Waals surface area contributed by atoms with Crippen LogP contribution in [0.25, 0.3) is 0 Å². The van der Waals surface area contributed by atoms with Crippen LogP contribution in [0.1, 0.15) is 17.3 Å². The van der Waals surface area contributed by atoms with Crippen molar-refractivity contribution in [1.82, 2.24) is 0 Å². The molecule has 0 spiro atoms. The van der Waals surface area contributed by atoms with Crippen LogP contribution in [0.15, 0.2) is 21.1 Å². The van der Waals surface area contributed by atoms with Gasteiger partial charge in [0.05, 0.1) is 28.2 Å². The second kappa shape index (κ2) is 5.51. The van der Waals surface area contributed by atoms with Crippen LogP contribution in [-0.2, 0) is 4.74 Å². The molecule has 0 aliphatic heterocycles. The molecule has 0 bridgehead atoms. The van der Waals surface area contributed by atoms with Crippen molar-refractivity contribution in [2.75, 3.05) is 13.7 Å². The van der Waals surface area contributed by atoms with Crippen molar-refractivity contribution in [1.29, 1.82) is 0 Å². The number of ether oxygens (including phenoxy) is 2. The summed E-state index contributed by atoms with van der Waals surface area (Å²) in [6.45, 7) is 2.13. The molecule has 82 valence electrons. The molecule has 0 aliphatic rings. The lowest BCUT2D eigenvalue weighted by Gasteiger charge is -2.08. The van der Waals surface area contributed by atoms with E-state index in [2.05, 4.69) is 31.9 Å². The predicted molar refractivity (Wildman–Crippen MR) is 64.4 cm³/mol. The lowest BCUT2D eigenvalue weighted by Crippen LogP contribution is -2.05. The Kier molecular flexibility index (Phi) is 4.60. The molecule has 0 radical (unpaired) electrons. The number of carbonyl (C=O) groups excluding carboxylic acids is 1. The first-order valence-electron chi connectivity index (χ1n) is 4.30. The van der Waals surface area contributed by atoms with E-state index in [4.69, 9.17) is 9.47 Å². The fourth-order valence-electron chi connectivity index (χ4n) is 1.09. The minimum Gasteiger partial charge on any atom is -0.494 e. The van der Waals surface area contributed by atoms with Gasteiger partial charge in [0.2, 0.25) is 0 Å². The van der Waals surface area contributed by atoms with Crippen LogP contribution >= 0.6 is 31.9 Å². The highest BCUT2D eigenvalue weighted by molar-refractivity contribution is 9.11. The summed E-state index contributed by atoms with van der Waals surface area (Å²) in [6.07, 6.45) is 0. The molecule has 0 aromatic heterocycles. The van der Waals surface area contributed by atoms with Gasteiger partial charge >= 0.3 is 5.97 Å². The van der Waals surface area contributed by atoms with Crippen molar-refractivity contribution in [2.45, 2.75) is 6.92 Å². The Morgan fingerprint density at radius 3 is 2.27 bits per heavy atom. The molecule has 1 aromatic carbocycles. The maximum atomic E-state index is 11.4. The van der Waals surface area contributed by atoms with Gasteiger partial charge in [-0.25, -0.2) is 4.79 Å². The number of esters is 1. The van der Waals surface area contributed by atoms with Gasteiger partial charge in [0.1, 0.15) is 5.75 Å². The highest BCUT2D eigenvalue weighted by Gasteiger charge is 2.13. The van der Waals surface area contributed by atoms with Crippen LogP contribution in [0.3, 0.4) is 0 Å². The largest absolute Gasteiger partial charge is 0.494 e. The number of benzene rings is 1. The van der Waals surface area contributed by atoms with Gasteiger partial charge in [0.25, 0.3) is 0 Å². The molecule has 5 heteroatoms. The lowest BCUT2D eigenvalue weighted by atomic mass is 10.2. The number of methoxy groups -OCH3 is 1. The van der Waals surface area contributed by atoms with Gasteiger partial charge in [-0.1, -0.05) is 0 Å². The molecule has 0 heterocycles. The molecule has 0 aliphatic carbocycles. The average Bonchev–Trinajstić information content (AvgIpc) is 2.17. The van der Waals surface area contributed by atoms with Gasteiger partial charge < -0.3 is 9.47 Å². The van der Waals surface area contributed by atoms with Gasteiger partial charge in [-0.15, -0.1) is 0 Å². The smallest absolute Gasteiger partial charge is 0.338 e. The standard InChI is InChI=1S/C10H10Br2O3/c1-3-15-10(13)6-4-7(11)9(14-2)8(12)5-6/h4-5H,3H2,1-2H3. The summed E-state index contributed by atoms with van der Waals surface area (Å²) in [5, 5.41) is 0. The molecule has 1 rings (SSSR count). The zero-order chi connectivity index (χ0) is 11.4. The Morgan fingerprint density at radius 2 is 1.87 bits per heavy atom. The summed E-state index contributed by atoms with van der Waals surface area (Å²) < 4.78 is 11.4. The number of rotatable bonds is 3. The Hall–Kier alpha value is -0.550. The maximum Gasteiger partial charge on any atom is 0.338 e. The zero-order valence-electron chi connectivity index (χ0n) is 8.34. The summed E-state index contributed by atoms with van der Waals surface area (Å²) in [7, 11) is 1.56. The Bertz CT molecular complexity index is 354. The van der Waals surface area contributed by atoms with E-state index in [-0.39, 0.29) is 5.97 Å². The third kappa shape index (κ3) is 2.95. The highest BCUT2D eigenvalue weighted by Crippen LogP contribution is 2.34. The summed E-state index contributed by atoms with van der Waals surface area (Å²) in [5.41, 5.74) is 0.483. The molecule has 0 amide bonds. The van der Waals surface area contributed by atoms with E-state index in [0.29, 0.717) is 26.9 Å². The first-order valence-corrected chi connectivity index (χ1v) is 5.89. The van der Waals surface area contributed by atoms with Crippen molar-refractivity contribution in [3.8, 4) is 5.75 Å². The fraction of sp³-hybridized carbons (Fsp3) is 0.300. The first kappa shape index (κ1) is 12.5. The minimum absolute atomic E-state index is 0.346. The molecule has 3 nitrogen and oxygen atoms in total. The normalized spacial score (nSPS) is 9.87. The summed E-state index contributed by atoms with van der Waals surface area (Å²) in [6, 6.07) is 3.34. The molecular formula is C10H10Br2O3. The second-order valence-electron chi connectivity index (χ2n) is 2.69. The van der Waals surface area contributed by atoms with E-state index in [0.717, 1.165) is 0 Å².